The summed E-state index contributed by atoms with van der Waals surface area (Å²) in [6.07, 6.45) is 2.61. The molecule has 4 heteroatoms. The molecule has 0 radical (unpaired) electrons. The predicted molar refractivity (Wildman–Crippen MR) is 59.4 cm³/mol. The molecule has 0 bridgehead atoms. The fraction of sp³-hybridized carbons (Fsp3) is 0.636. The molecule has 1 heterocycles. The van der Waals surface area contributed by atoms with Gasteiger partial charge in [-0.3, -0.25) is 0 Å². The van der Waals surface area contributed by atoms with Crippen LogP contribution in [0.2, 0.25) is 0 Å². The fourth-order valence-electron chi connectivity index (χ4n) is 1.35. The molecule has 1 aromatic heterocycles. The van der Waals surface area contributed by atoms with Crippen molar-refractivity contribution in [2.45, 2.75) is 39.3 Å². The first-order valence-electron chi connectivity index (χ1n) is 5.11. The zero-order valence-corrected chi connectivity index (χ0v) is 9.83. The number of nitrogens with zero attached hydrogens (tertiary/aromatic N) is 3. The van der Waals surface area contributed by atoms with Gasteiger partial charge in [-0.25, -0.2) is 4.98 Å². The van der Waals surface area contributed by atoms with Gasteiger partial charge in [-0.15, -0.1) is 0 Å². The average molecular weight is 206 g/mol. The SMILES string of the molecule is CNC(C)(C#N)CCn1cnc(C)c1C. The quantitative estimate of drug-likeness (QED) is 0.810. The van der Waals surface area contributed by atoms with Crippen LogP contribution in [0.4, 0.5) is 0 Å². The van der Waals surface area contributed by atoms with Gasteiger partial charge in [0.05, 0.1) is 18.1 Å². The van der Waals surface area contributed by atoms with Crippen molar-refractivity contribution in [3.05, 3.63) is 17.7 Å². The highest BCUT2D eigenvalue weighted by molar-refractivity contribution is 5.09. The lowest BCUT2D eigenvalue weighted by Gasteiger charge is -2.20. The third-order valence-electron chi connectivity index (χ3n) is 3.00. The second-order valence-corrected chi connectivity index (χ2v) is 4.05. The normalized spacial score (nSPS) is 14.6. The molecule has 1 atom stereocenters. The van der Waals surface area contributed by atoms with Crippen LogP contribution in [-0.2, 0) is 6.54 Å². The van der Waals surface area contributed by atoms with Crippen LogP contribution in [0.5, 0.6) is 0 Å². The molecule has 0 aliphatic rings. The van der Waals surface area contributed by atoms with Crippen LogP contribution in [0.1, 0.15) is 24.7 Å². The monoisotopic (exact) mass is 206 g/mol. The van der Waals surface area contributed by atoms with Gasteiger partial charge in [-0.2, -0.15) is 5.26 Å². The summed E-state index contributed by atoms with van der Waals surface area (Å²) in [5.74, 6) is 0. The maximum Gasteiger partial charge on any atom is 0.105 e. The summed E-state index contributed by atoms with van der Waals surface area (Å²) >= 11 is 0. The highest BCUT2D eigenvalue weighted by atomic mass is 15.1. The van der Waals surface area contributed by atoms with Crippen molar-refractivity contribution >= 4 is 0 Å². The highest BCUT2D eigenvalue weighted by Gasteiger charge is 2.20. The number of aryl methyl sites for hydroxylation is 2. The largest absolute Gasteiger partial charge is 0.335 e. The molecule has 82 valence electrons. The molecule has 0 spiro atoms. The Hall–Kier alpha value is -1.34. The minimum absolute atomic E-state index is 0.454. The van der Waals surface area contributed by atoms with Gasteiger partial charge in [-0.05, 0) is 34.2 Å². The summed E-state index contributed by atoms with van der Waals surface area (Å²) in [5.41, 5.74) is 1.77. The van der Waals surface area contributed by atoms with Crippen molar-refractivity contribution in [2.24, 2.45) is 0 Å². The van der Waals surface area contributed by atoms with E-state index in [4.69, 9.17) is 5.26 Å². The van der Waals surface area contributed by atoms with Gasteiger partial charge in [0, 0.05) is 12.2 Å². The van der Waals surface area contributed by atoms with Gasteiger partial charge in [0.25, 0.3) is 0 Å². The number of aromatic nitrogens is 2. The molecule has 0 aliphatic heterocycles. The van der Waals surface area contributed by atoms with E-state index in [0.717, 1.165) is 18.7 Å². The summed E-state index contributed by atoms with van der Waals surface area (Å²) < 4.78 is 2.09. The Balaban J connectivity index is 2.66. The molecule has 0 saturated carbocycles. The van der Waals surface area contributed by atoms with Crippen molar-refractivity contribution < 1.29 is 0 Å². The first kappa shape index (κ1) is 11.7. The summed E-state index contributed by atoms with van der Waals surface area (Å²) in [5, 5.41) is 12.0. The van der Waals surface area contributed by atoms with Crippen LogP contribution in [0.15, 0.2) is 6.33 Å². The number of hydrogen-bond acceptors (Lipinski definition) is 3. The molecule has 4 nitrogen and oxygen atoms in total. The molecule has 1 unspecified atom stereocenters. The maximum atomic E-state index is 9.00. The second-order valence-electron chi connectivity index (χ2n) is 4.05. The summed E-state index contributed by atoms with van der Waals surface area (Å²) in [6, 6.07) is 2.28. The van der Waals surface area contributed by atoms with E-state index in [-0.39, 0.29) is 0 Å². The third kappa shape index (κ3) is 2.57. The topological polar surface area (TPSA) is 53.6 Å². The Morgan fingerprint density at radius 1 is 1.60 bits per heavy atom. The smallest absolute Gasteiger partial charge is 0.105 e. The lowest BCUT2D eigenvalue weighted by molar-refractivity contribution is 0.419. The van der Waals surface area contributed by atoms with E-state index in [0.29, 0.717) is 0 Å². The Kier molecular flexibility index (Phi) is 3.48. The second kappa shape index (κ2) is 4.45. The van der Waals surface area contributed by atoms with Crippen LogP contribution < -0.4 is 5.32 Å². The fourth-order valence-corrected chi connectivity index (χ4v) is 1.35. The summed E-state index contributed by atoms with van der Waals surface area (Å²) in [4.78, 5) is 4.23. The molecule has 0 saturated heterocycles. The number of hydrogen-bond donors (Lipinski definition) is 1. The molecule has 0 aromatic carbocycles. The molecular weight excluding hydrogens is 188 g/mol. The number of imidazole rings is 1. The van der Waals surface area contributed by atoms with E-state index >= 15 is 0 Å². The molecule has 1 aromatic rings. The van der Waals surface area contributed by atoms with Crippen LogP contribution in [0, 0.1) is 25.2 Å². The van der Waals surface area contributed by atoms with Gasteiger partial charge >= 0.3 is 0 Å². The molecular formula is C11H18N4. The number of nitriles is 1. The molecule has 1 rings (SSSR count). The minimum Gasteiger partial charge on any atom is -0.335 e. The maximum absolute atomic E-state index is 9.00. The van der Waals surface area contributed by atoms with Crippen LogP contribution >= 0.6 is 0 Å². The van der Waals surface area contributed by atoms with Crippen LogP contribution in [-0.4, -0.2) is 22.1 Å². The van der Waals surface area contributed by atoms with E-state index in [9.17, 15) is 0 Å². The third-order valence-corrected chi connectivity index (χ3v) is 3.00. The summed E-state index contributed by atoms with van der Waals surface area (Å²) in [7, 11) is 1.81. The van der Waals surface area contributed by atoms with Gasteiger partial charge < -0.3 is 9.88 Å². The van der Waals surface area contributed by atoms with Crippen molar-refractivity contribution in [3.8, 4) is 6.07 Å². The van der Waals surface area contributed by atoms with Gasteiger partial charge in [0.1, 0.15) is 5.54 Å². The Labute approximate surface area is 90.9 Å². The number of rotatable bonds is 4. The van der Waals surface area contributed by atoms with E-state index in [1.807, 2.05) is 34.1 Å². The van der Waals surface area contributed by atoms with E-state index in [1.54, 1.807) is 0 Å². The van der Waals surface area contributed by atoms with Gasteiger partial charge in [0.15, 0.2) is 0 Å². The van der Waals surface area contributed by atoms with Crippen molar-refractivity contribution in [1.29, 1.82) is 5.26 Å². The highest BCUT2D eigenvalue weighted by Crippen LogP contribution is 2.11. The Bertz CT molecular complexity index is 374. The first-order valence-corrected chi connectivity index (χ1v) is 5.11. The molecule has 0 aliphatic carbocycles. The van der Waals surface area contributed by atoms with Gasteiger partial charge in [0.2, 0.25) is 0 Å². The number of nitrogens with one attached hydrogen (secondary N) is 1. The predicted octanol–water partition coefficient (Wildman–Crippen LogP) is 1.39. The van der Waals surface area contributed by atoms with Gasteiger partial charge in [-0.1, -0.05) is 0 Å². The van der Waals surface area contributed by atoms with Crippen molar-refractivity contribution in [3.63, 3.8) is 0 Å². The Morgan fingerprint density at radius 3 is 2.67 bits per heavy atom. The van der Waals surface area contributed by atoms with E-state index in [1.165, 1.54) is 5.69 Å². The van der Waals surface area contributed by atoms with Crippen LogP contribution in [0.25, 0.3) is 0 Å². The molecule has 15 heavy (non-hydrogen) atoms. The molecule has 1 N–H and O–H groups in total. The van der Waals surface area contributed by atoms with E-state index < -0.39 is 5.54 Å². The minimum atomic E-state index is -0.454. The lowest BCUT2D eigenvalue weighted by atomic mass is 10.0. The zero-order chi connectivity index (χ0) is 11.5. The van der Waals surface area contributed by atoms with E-state index in [2.05, 4.69) is 20.9 Å². The summed E-state index contributed by atoms with van der Waals surface area (Å²) in [6.45, 7) is 6.77. The van der Waals surface area contributed by atoms with Crippen LogP contribution in [0.3, 0.4) is 0 Å². The molecule has 0 amide bonds. The zero-order valence-electron chi connectivity index (χ0n) is 9.83. The molecule has 0 fully saturated rings. The average Bonchev–Trinajstić information content (AvgIpc) is 2.57. The van der Waals surface area contributed by atoms with Crippen molar-refractivity contribution in [2.75, 3.05) is 7.05 Å². The van der Waals surface area contributed by atoms with Crippen molar-refractivity contribution in [1.82, 2.24) is 14.9 Å². The lowest BCUT2D eigenvalue weighted by Crippen LogP contribution is -2.39. The standard InChI is InChI=1S/C11H18N4/c1-9-10(2)15(8-14-9)6-5-11(3,7-12)13-4/h8,13H,5-6H2,1-4H3. The Morgan fingerprint density at radius 2 is 2.27 bits per heavy atom. The first-order chi connectivity index (χ1) is 7.02.